The Balaban J connectivity index is 1.16. The van der Waals surface area contributed by atoms with Crippen LogP contribution >= 0.6 is 0 Å². The van der Waals surface area contributed by atoms with Gasteiger partial charge in [0, 0.05) is 25.4 Å². The van der Waals surface area contributed by atoms with Crippen LogP contribution in [0.5, 0.6) is 0 Å². The maximum Gasteiger partial charge on any atom is 0.407 e. The Morgan fingerprint density at radius 3 is 2.32 bits per heavy atom. The summed E-state index contributed by atoms with van der Waals surface area (Å²) in [7, 11) is 0. The summed E-state index contributed by atoms with van der Waals surface area (Å²) in [5.41, 5.74) is 3.66. The van der Waals surface area contributed by atoms with Gasteiger partial charge in [0.1, 0.15) is 12.1 Å². The van der Waals surface area contributed by atoms with E-state index in [1.54, 1.807) is 6.92 Å². The number of rotatable bonds is 9. The summed E-state index contributed by atoms with van der Waals surface area (Å²) in [6.45, 7) is 2.89. The largest absolute Gasteiger partial charge is 0.480 e. The summed E-state index contributed by atoms with van der Waals surface area (Å²) >= 11 is 0. The van der Waals surface area contributed by atoms with Crippen LogP contribution in [0, 0.1) is 0 Å². The molecule has 0 saturated carbocycles. The molecule has 1 fully saturated rings. The molecule has 0 aromatic heterocycles. The van der Waals surface area contributed by atoms with Crippen LogP contribution in [0.25, 0.3) is 11.1 Å². The van der Waals surface area contributed by atoms with Gasteiger partial charge in [-0.3, -0.25) is 4.79 Å². The first kappa shape index (κ1) is 23.8. The molecule has 180 valence electrons. The molecule has 2 amide bonds. The Morgan fingerprint density at radius 2 is 1.68 bits per heavy atom. The quantitative estimate of drug-likeness (QED) is 0.531. The number of likely N-dealkylation sites (tertiary alicyclic amines) is 1. The second-order valence-electron chi connectivity index (χ2n) is 9.29. The van der Waals surface area contributed by atoms with Gasteiger partial charge in [0.2, 0.25) is 5.91 Å². The molecule has 7 nitrogen and oxygen atoms in total. The molecule has 1 atom stereocenters. The second-order valence-corrected chi connectivity index (χ2v) is 9.29. The first-order chi connectivity index (χ1) is 16.4. The third-order valence-corrected chi connectivity index (χ3v) is 7.08. The minimum Gasteiger partial charge on any atom is -0.480 e. The van der Waals surface area contributed by atoms with E-state index in [0.717, 1.165) is 19.3 Å². The van der Waals surface area contributed by atoms with Gasteiger partial charge in [0.05, 0.1) is 0 Å². The predicted molar refractivity (Wildman–Crippen MR) is 129 cm³/mol. The third-order valence-electron chi connectivity index (χ3n) is 7.08. The number of carbonyl (C=O) groups excluding carboxylic acids is 2. The van der Waals surface area contributed by atoms with E-state index in [0.29, 0.717) is 32.4 Å². The average molecular weight is 465 g/mol. The van der Waals surface area contributed by atoms with E-state index in [4.69, 9.17) is 4.74 Å². The highest BCUT2D eigenvalue weighted by atomic mass is 16.5. The minimum absolute atomic E-state index is 0.0336. The molecule has 1 aliphatic heterocycles. The maximum absolute atomic E-state index is 12.5. The van der Waals surface area contributed by atoms with Crippen molar-refractivity contribution in [2.75, 3.05) is 19.7 Å². The number of nitrogens with zero attached hydrogens (tertiary/aromatic N) is 1. The van der Waals surface area contributed by atoms with Crippen molar-refractivity contribution in [1.29, 1.82) is 0 Å². The molecule has 2 aromatic rings. The zero-order chi connectivity index (χ0) is 24.1. The number of unbranched alkanes of at least 4 members (excludes halogenated alkanes) is 2. The number of benzene rings is 2. The third kappa shape index (κ3) is 4.79. The first-order valence-corrected chi connectivity index (χ1v) is 12.0. The molecule has 0 radical (unpaired) electrons. The first-order valence-electron chi connectivity index (χ1n) is 12.0. The van der Waals surface area contributed by atoms with Gasteiger partial charge in [-0.15, -0.1) is 0 Å². The number of alkyl carbamates (subject to hydrolysis) is 1. The van der Waals surface area contributed by atoms with Gasteiger partial charge in [-0.05, 0) is 54.9 Å². The lowest BCUT2D eigenvalue weighted by Crippen LogP contribution is -2.50. The lowest BCUT2D eigenvalue weighted by atomic mass is 9.98. The van der Waals surface area contributed by atoms with Crippen LogP contribution in [0.3, 0.4) is 0 Å². The van der Waals surface area contributed by atoms with Crippen molar-refractivity contribution >= 4 is 18.0 Å². The topological polar surface area (TPSA) is 95.9 Å². The summed E-state index contributed by atoms with van der Waals surface area (Å²) in [4.78, 5) is 37.7. The van der Waals surface area contributed by atoms with E-state index in [2.05, 4.69) is 29.6 Å². The van der Waals surface area contributed by atoms with Gasteiger partial charge in [0.25, 0.3) is 0 Å². The molecule has 1 saturated heterocycles. The molecular formula is C27H32N2O5. The number of hydrogen-bond acceptors (Lipinski definition) is 4. The molecule has 4 rings (SSSR count). The van der Waals surface area contributed by atoms with Crippen molar-refractivity contribution in [3.8, 4) is 11.1 Å². The van der Waals surface area contributed by atoms with E-state index in [9.17, 15) is 19.5 Å². The van der Waals surface area contributed by atoms with Crippen molar-refractivity contribution < 1.29 is 24.2 Å². The van der Waals surface area contributed by atoms with Gasteiger partial charge in [-0.2, -0.15) is 0 Å². The van der Waals surface area contributed by atoms with E-state index in [1.807, 2.05) is 24.3 Å². The van der Waals surface area contributed by atoms with Crippen LogP contribution in [0.2, 0.25) is 0 Å². The molecule has 0 spiro atoms. The summed E-state index contributed by atoms with van der Waals surface area (Å²) in [5, 5.41) is 12.2. The molecular weight excluding hydrogens is 432 g/mol. The van der Waals surface area contributed by atoms with E-state index >= 15 is 0 Å². The van der Waals surface area contributed by atoms with Crippen LogP contribution < -0.4 is 5.32 Å². The number of nitrogens with one attached hydrogen (secondary N) is 1. The van der Waals surface area contributed by atoms with E-state index < -0.39 is 17.6 Å². The number of ether oxygens (including phenoxy) is 1. The van der Waals surface area contributed by atoms with Crippen molar-refractivity contribution in [3.05, 3.63) is 59.7 Å². The van der Waals surface area contributed by atoms with Crippen LogP contribution in [0.4, 0.5) is 4.79 Å². The Bertz CT molecular complexity index is 1020. The van der Waals surface area contributed by atoms with Crippen molar-refractivity contribution in [3.63, 3.8) is 0 Å². The Labute approximate surface area is 200 Å². The molecule has 34 heavy (non-hydrogen) atoms. The van der Waals surface area contributed by atoms with Crippen molar-refractivity contribution in [1.82, 2.24) is 10.2 Å². The highest BCUT2D eigenvalue weighted by Gasteiger charge is 2.45. The number of hydrogen-bond donors (Lipinski definition) is 2. The predicted octanol–water partition coefficient (Wildman–Crippen LogP) is 4.55. The number of fused-ring (bicyclic) bond motifs is 3. The van der Waals surface area contributed by atoms with Crippen molar-refractivity contribution in [2.24, 2.45) is 0 Å². The molecule has 1 aliphatic carbocycles. The number of carboxylic acid groups (broad SMARTS) is 1. The van der Waals surface area contributed by atoms with Crippen LogP contribution in [0.1, 0.15) is 62.5 Å². The minimum atomic E-state index is -1.08. The summed E-state index contributed by atoms with van der Waals surface area (Å²) in [6.07, 6.45) is 3.27. The lowest BCUT2D eigenvalue weighted by molar-refractivity contribution is -0.155. The molecule has 7 heteroatoms. The normalized spacial score (nSPS) is 18.9. The van der Waals surface area contributed by atoms with Gasteiger partial charge < -0.3 is 20.1 Å². The maximum atomic E-state index is 12.5. The van der Waals surface area contributed by atoms with E-state index in [1.165, 1.54) is 27.2 Å². The van der Waals surface area contributed by atoms with Crippen molar-refractivity contribution in [2.45, 2.75) is 56.9 Å². The van der Waals surface area contributed by atoms with Crippen LogP contribution in [-0.4, -0.2) is 53.2 Å². The van der Waals surface area contributed by atoms with Crippen LogP contribution in [0.15, 0.2) is 48.5 Å². The van der Waals surface area contributed by atoms with Gasteiger partial charge >= 0.3 is 12.1 Å². The lowest BCUT2D eigenvalue weighted by Gasteiger charge is -2.31. The Hall–Kier alpha value is -3.35. The smallest absolute Gasteiger partial charge is 0.407 e. The molecule has 0 bridgehead atoms. The monoisotopic (exact) mass is 464 g/mol. The fraction of sp³-hybridized carbons (Fsp3) is 0.444. The number of amides is 2. The van der Waals surface area contributed by atoms with Gasteiger partial charge in [-0.1, -0.05) is 55.0 Å². The standard InChI is InChI=1S/C27H32N2O5/c1-27(25(31)32)15-9-17-29(27)24(30)14-3-2-8-16-28-26(33)34-18-23-21-12-6-4-10-19(21)20-11-5-7-13-22(20)23/h4-7,10-13,23H,2-3,8-9,14-18H2,1H3,(H,28,33)(H,31,32). The second kappa shape index (κ2) is 10.3. The summed E-state index contributed by atoms with van der Waals surface area (Å²) in [6, 6.07) is 16.4. The zero-order valence-electron chi connectivity index (χ0n) is 19.6. The Kier molecular flexibility index (Phi) is 7.20. The molecule has 1 heterocycles. The molecule has 2 aliphatic rings. The summed E-state index contributed by atoms with van der Waals surface area (Å²) in [5.74, 6) is -1.01. The summed E-state index contributed by atoms with van der Waals surface area (Å²) < 4.78 is 5.53. The number of aliphatic carboxylic acids is 1. The molecule has 2 N–H and O–H groups in total. The average Bonchev–Trinajstić information content (AvgIpc) is 3.39. The zero-order valence-corrected chi connectivity index (χ0v) is 19.6. The van der Waals surface area contributed by atoms with Gasteiger partial charge in [-0.25, -0.2) is 9.59 Å². The molecule has 1 unspecified atom stereocenters. The Morgan fingerprint density at radius 1 is 1.03 bits per heavy atom. The SMILES string of the molecule is CC1(C(=O)O)CCCN1C(=O)CCCCCNC(=O)OCC1c2ccccc2-c2ccccc21. The number of carbonyl (C=O) groups is 3. The van der Waals surface area contributed by atoms with Gasteiger partial charge in [0.15, 0.2) is 0 Å². The number of carboxylic acids is 1. The van der Waals surface area contributed by atoms with E-state index in [-0.39, 0.29) is 18.4 Å². The fourth-order valence-electron chi connectivity index (χ4n) is 5.14. The van der Waals surface area contributed by atoms with Crippen LogP contribution in [-0.2, 0) is 14.3 Å². The highest BCUT2D eigenvalue weighted by Crippen LogP contribution is 2.44. The highest BCUT2D eigenvalue weighted by molar-refractivity contribution is 5.87. The molecule has 2 aromatic carbocycles. The fourth-order valence-corrected chi connectivity index (χ4v) is 5.14.